The van der Waals surface area contributed by atoms with Crippen molar-refractivity contribution < 1.29 is 0 Å². The second kappa shape index (κ2) is 5.74. The van der Waals surface area contributed by atoms with Crippen molar-refractivity contribution >= 4 is 11.6 Å². The Hall–Kier alpha value is -1.36. The number of aromatic nitrogens is 2. The number of rotatable bonds is 4. The molecule has 19 heavy (non-hydrogen) atoms. The van der Waals surface area contributed by atoms with E-state index in [9.17, 15) is 0 Å². The van der Waals surface area contributed by atoms with Crippen LogP contribution in [0.25, 0.3) is 0 Å². The van der Waals surface area contributed by atoms with Crippen LogP contribution in [0.15, 0.2) is 12.4 Å². The highest BCUT2D eigenvalue weighted by Crippen LogP contribution is 2.26. The van der Waals surface area contributed by atoms with Gasteiger partial charge in [0.2, 0.25) is 0 Å². The maximum absolute atomic E-state index is 4.49. The highest BCUT2D eigenvalue weighted by molar-refractivity contribution is 5.51. The van der Waals surface area contributed by atoms with E-state index in [1.165, 1.54) is 25.7 Å². The average Bonchev–Trinajstić information content (AvgIpc) is 3.10. The molecule has 0 radical (unpaired) electrons. The maximum Gasteiger partial charge on any atom is 0.134 e. The van der Waals surface area contributed by atoms with Gasteiger partial charge in [-0.2, -0.15) is 0 Å². The summed E-state index contributed by atoms with van der Waals surface area (Å²) >= 11 is 0. The van der Waals surface area contributed by atoms with E-state index in [0.717, 1.165) is 37.8 Å². The normalized spacial score (nSPS) is 23.3. The van der Waals surface area contributed by atoms with E-state index in [4.69, 9.17) is 0 Å². The molecule has 0 aliphatic carbocycles. The summed E-state index contributed by atoms with van der Waals surface area (Å²) in [5, 5.41) is 3.28. The van der Waals surface area contributed by atoms with Gasteiger partial charge in [0, 0.05) is 38.3 Å². The Morgan fingerprint density at radius 1 is 1.16 bits per heavy atom. The molecule has 2 aliphatic rings. The van der Waals surface area contributed by atoms with Gasteiger partial charge in [-0.1, -0.05) is 0 Å². The molecule has 0 amide bonds. The minimum atomic E-state index is 0.575. The van der Waals surface area contributed by atoms with Gasteiger partial charge in [0.25, 0.3) is 0 Å². The lowest BCUT2D eigenvalue weighted by atomic mass is 10.2. The zero-order valence-corrected chi connectivity index (χ0v) is 11.7. The first kappa shape index (κ1) is 12.7. The SMILES string of the molecule is CNCC1CCCN1c1cc(N2CCCC2)ncn1. The highest BCUT2D eigenvalue weighted by Gasteiger charge is 2.25. The van der Waals surface area contributed by atoms with Crippen molar-refractivity contribution in [3.8, 4) is 0 Å². The lowest BCUT2D eigenvalue weighted by Crippen LogP contribution is -2.37. The van der Waals surface area contributed by atoms with Crippen molar-refractivity contribution in [1.82, 2.24) is 15.3 Å². The summed E-state index contributed by atoms with van der Waals surface area (Å²) in [5.74, 6) is 2.19. The van der Waals surface area contributed by atoms with E-state index in [1.807, 2.05) is 7.05 Å². The third-order valence-corrected chi connectivity index (χ3v) is 4.18. The summed E-state index contributed by atoms with van der Waals surface area (Å²) in [6, 6.07) is 2.74. The van der Waals surface area contributed by atoms with Gasteiger partial charge in [0.05, 0.1) is 0 Å². The van der Waals surface area contributed by atoms with Crippen molar-refractivity contribution in [3.63, 3.8) is 0 Å². The molecule has 1 atom stereocenters. The minimum Gasteiger partial charge on any atom is -0.356 e. The number of anilines is 2. The molecule has 0 spiro atoms. The smallest absolute Gasteiger partial charge is 0.134 e. The molecular formula is C14H23N5. The molecule has 104 valence electrons. The van der Waals surface area contributed by atoms with E-state index in [1.54, 1.807) is 6.33 Å². The molecule has 3 rings (SSSR count). The summed E-state index contributed by atoms with van der Waals surface area (Å²) in [6.45, 7) is 4.42. The van der Waals surface area contributed by atoms with Crippen LogP contribution in [0.4, 0.5) is 11.6 Å². The van der Waals surface area contributed by atoms with Gasteiger partial charge in [-0.3, -0.25) is 0 Å². The van der Waals surface area contributed by atoms with Gasteiger partial charge in [0.15, 0.2) is 0 Å². The molecular weight excluding hydrogens is 238 g/mol. The summed E-state index contributed by atoms with van der Waals surface area (Å²) in [5.41, 5.74) is 0. The molecule has 0 saturated carbocycles. The summed E-state index contributed by atoms with van der Waals surface area (Å²) in [6.07, 6.45) is 6.80. The molecule has 5 nitrogen and oxygen atoms in total. The van der Waals surface area contributed by atoms with E-state index < -0.39 is 0 Å². The molecule has 1 unspecified atom stereocenters. The van der Waals surface area contributed by atoms with Crippen molar-refractivity contribution in [3.05, 3.63) is 12.4 Å². The first-order valence-corrected chi connectivity index (χ1v) is 7.37. The van der Waals surface area contributed by atoms with E-state index in [2.05, 4.69) is 31.2 Å². The van der Waals surface area contributed by atoms with Crippen LogP contribution in [0.5, 0.6) is 0 Å². The second-order valence-corrected chi connectivity index (χ2v) is 5.48. The van der Waals surface area contributed by atoms with Gasteiger partial charge in [-0.15, -0.1) is 0 Å². The average molecular weight is 261 g/mol. The van der Waals surface area contributed by atoms with Crippen molar-refractivity contribution in [1.29, 1.82) is 0 Å². The Morgan fingerprint density at radius 2 is 1.95 bits per heavy atom. The van der Waals surface area contributed by atoms with Gasteiger partial charge in [0.1, 0.15) is 18.0 Å². The molecule has 2 aliphatic heterocycles. The predicted octanol–water partition coefficient (Wildman–Crippen LogP) is 1.26. The largest absolute Gasteiger partial charge is 0.356 e. The summed E-state index contributed by atoms with van der Waals surface area (Å²) < 4.78 is 0. The Labute approximate surface area is 115 Å². The molecule has 1 aromatic rings. The number of nitrogens with zero attached hydrogens (tertiary/aromatic N) is 4. The quantitative estimate of drug-likeness (QED) is 0.884. The zero-order valence-electron chi connectivity index (χ0n) is 11.7. The van der Waals surface area contributed by atoms with Crippen molar-refractivity contribution in [2.24, 2.45) is 0 Å². The molecule has 2 saturated heterocycles. The lowest BCUT2D eigenvalue weighted by Gasteiger charge is -2.26. The minimum absolute atomic E-state index is 0.575. The Kier molecular flexibility index (Phi) is 3.82. The van der Waals surface area contributed by atoms with Crippen LogP contribution >= 0.6 is 0 Å². The van der Waals surface area contributed by atoms with E-state index in [0.29, 0.717) is 6.04 Å². The lowest BCUT2D eigenvalue weighted by molar-refractivity contribution is 0.611. The van der Waals surface area contributed by atoms with Crippen LogP contribution in [-0.4, -0.2) is 49.2 Å². The first-order chi connectivity index (χ1) is 9.38. The van der Waals surface area contributed by atoms with E-state index >= 15 is 0 Å². The fraction of sp³-hybridized carbons (Fsp3) is 0.714. The topological polar surface area (TPSA) is 44.3 Å². The van der Waals surface area contributed by atoms with Crippen LogP contribution in [0.3, 0.4) is 0 Å². The van der Waals surface area contributed by atoms with Gasteiger partial charge in [-0.25, -0.2) is 9.97 Å². The third-order valence-electron chi connectivity index (χ3n) is 4.18. The molecule has 1 aromatic heterocycles. The number of hydrogen-bond donors (Lipinski definition) is 1. The maximum atomic E-state index is 4.49. The Balaban J connectivity index is 1.78. The molecule has 3 heterocycles. The zero-order chi connectivity index (χ0) is 13.1. The van der Waals surface area contributed by atoms with Gasteiger partial charge >= 0.3 is 0 Å². The molecule has 5 heteroatoms. The fourth-order valence-electron chi connectivity index (χ4n) is 3.20. The van der Waals surface area contributed by atoms with Crippen LogP contribution in [0.1, 0.15) is 25.7 Å². The van der Waals surface area contributed by atoms with Crippen molar-refractivity contribution in [2.75, 3.05) is 43.0 Å². The van der Waals surface area contributed by atoms with Gasteiger partial charge in [-0.05, 0) is 32.7 Å². The number of hydrogen-bond acceptors (Lipinski definition) is 5. The summed E-state index contributed by atoms with van der Waals surface area (Å²) in [7, 11) is 2.02. The molecule has 1 N–H and O–H groups in total. The fourth-order valence-corrected chi connectivity index (χ4v) is 3.20. The molecule has 0 bridgehead atoms. The Morgan fingerprint density at radius 3 is 2.74 bits per heavy atom. The number of likely N-dealkylation sites (N-methyl/N-ethyl adjacent to an activating group) is 1. The monoisotopic (exact) mass is 261 g/mol. The van der Waals surface area contributed by atoms with E-state index in [-0.39, 0.29) is 0 Å². The third kappa shape index (κ3) is 2.66. The molecule has 2 fully saturated rings. The van der Waals surface area contributed by atoms with Crippen LogP contribution in [-0.2, 0) is 0 Å². The van der Waals surface area contributed by atoms with Crippen LogP contribution in [0, 0.1) is 0 Å². The predicted molar refractivity (Wildman–Crippen MR) is 77.8 cm³/mol. The summed E-state index contributed by atoms with van der Waals surface area (Å²) in [4.78, 5) is 13.7. The molecule has 0 aromatic carbocycles. The van der Waals surface area contributed by atoms with Crippen molar-refractivity contribution in [2.45, 2.75) is 31.7 Å². The highest BCUT2D eigenvalue weighted by atomic mass is 15.3. The van der Waals surface area contributed by atoms with Crippen LogP contribution < -0.4 is 15.1 Å². The van der Waals surface area contributed by atoms with Gasteiger partial charge < -0.3 is 15.1 Å². The first-order valence-electron chi connectivity index (χ1n) is 7.37. The number of nitrogens with one attached hydrogen (secondary N) is 1. The van der Waals surface area contributed by atoms with Crippen LogP contribution in [0.2, 0.25) is 0 Å². The second-order valence-electron chi connectivity index (χ2n) is 5.48. The Bertz CT molecular complexity index is 416. The standard InChI is InChI=1S/C14H23N5/c1-15-10-12-5-4-8-19(12)14-9-13(16-11-17-14)18-6-2-3-7-18/h9,11-12,15H,2-8,10H2,1H3.